The Kier molecular flexibility index (Phi) is 3.75. The number of nitrogens with two attached hydrogens (primary N) is 1. The number of rotatable bonds is 2. The summed E-state index contributed by atoms with van der Waals surface area (Å²) in [6.45, 7) is 3.63. The number of anilines is 1. The standard InChI is InChI=1S/C17H16F3N3O2/c1-16(2)11-5-3-4-10(15(21)24)13(11)23(25)14(16)12-7-6-9(8-22-12)17(18,19)20/h3-8,14,25H,1-2H3,(H2,21,24). The van der Waals surface area contributed by atoms with Crippen LogP contribution in [0, 0.1) is 0 Å². The van der Waals surface area contributed by atoms with Gasteiger partial charge < -0.3 is 5.73 Å². The molecule has 1 atom stereocenters. The van der Waals surface area contributed by atoms with E-state index >= 15 is 0 Å². The molecular weight excluding hydrogens is 335 g/mol. The number of hydroxylamine groups is 1. The molecule has 1 aromatic heterocycles. The Bertz CT molecular complexity index is 832. The minimum Gasteiger partial charge on any atom is -0.366 e. The van der Waals surface area contributed by atoms with E-state index in [9.17, 15) is 23.2 Å². The molecule has 1 unspecified atom stereocenters. The van der Waals surface area contributed by atoms with Crippen LogP contribution < -0.4 is 10.8 Å². The van der Waals surface area contributed by atoms with Crippen molar-refractivity contribution in [2.75, 3.05) is 5.06 Å². The maximum absolute atomic E-state index is 12.7. The first-order chi connectivity index (χ1) is 11.5. The van der Waals surface area contributed by atoms with Gasteiger partial charge in [0.25, 0.3) is 5.91 Å². The number of carbonyl (C=O) groups is 1. The number of nitrogens with zero attached hydrogens (tertiary/aromatic N) is 2. The molecule has 0 fully saturated rings. The number of carbonyl (C=O) groups excluding carboxylic acids is 1. The number of aromatic nitrogens is 1. The smallest absolute Gasteiger partial charge is 0.366 e. The summed E-state index contributed by atoms with van der Waals surface area (Å²) >= 11 is 0. The zero-order valence-corrected chi connectivity index (χ0v) is 13.5. The summed E-state index contributed by atoms with van der Waals surface area (Å²) in [5.74, 6) is -0.701. The zero-order valence-electron chi connectivity index (χ0n) is 13.5. The second-order valence-electron chi connectivity index (χ2n) is 6.50. The van der Waals surface area contributed by atoms with Gasteiger partial charge in [-0.05, 0) is 23.8 Å². The fourth-order valence-electron chi connectivity index (χ4n) is 3.32. The molecule has 1 aliphatic heterocycles. The molecule has 2 aromatic rings. The van der Waals surface area contributed by atoms with Crippen LogP contribution in [0.3, 0.4) is 0 Å². The summed E-state index contributed by atoms with van der Waals surface area (Å²) in [4.78, 5) is 15.6. The highest BCUT2D eigenvalue weighted by molar-refractivity contribution is 6.00. The normalized spacial score (nSPS) is 19.0. The molecule has 0 saturated heterocycles. The van der Waals surface area contributed by atoms with Gasteiger partial charge in [0.05, 0.1) is 22.5 Å². The van der Waals surface area contributed by atoms with Gasteiger partial charge in [0, 0.05) is 11.6 Å². The van der Waals surface area contributed by atoms with Crippen LogP contribution in [0.15, 0.2) is 36.5 Å². The number of fused-ring (bicyclic) bond motifs is 1. The van der Waals surface area contributed by atoms with Gasteiger partial charge in [-0.2, -0.15) is 13.2 Å². The average molecular weight is 351 g/mol. The maximum Gasteiger partial charge on any atom is 0.417 e. The largest absolute Gasteiger partial charge is 0.417 e. The van der Waals surface area contributed by atoms with Crippen molar-refractivity contribution in [1.29, 1.82) is 0 Å². The van der Waals surface area contributed by atoms with E-state index in [-0.39, 0.29) is 16.9 Å². The van der Waals surface area contributed by atoms with Gasteiger partial charge >= 0.3 is 6.18 Å². The molecule has 0 bridgehead atoms. The number of pyridine rings is 1. The Balaban J connectivity index is 2.10. The number of amides is 1. The molecule has 25 heavy (non-hydrogen) atoms. The van der Waals surface area contributed by atoms with Gasteiger partial charge in [0.2, 0.25) is 0 Å². The van der Waals surface area contributed by atoms with Crippen molar-refractivity contribution in [2.45, 2.75) is 31.5 Å². The number of halogens is 3. The molecule has 8 heteroatoms. The Morgan fingerprint density at radius 1 is 1.28 bits per heavy atom. The second-order valence-corrected chi connectivity index (χ2v) is 6.50. The maximum atomic E-state index is 12.7. The molecular formula is C17H16F3N3O2. The van der Waals surface area contributed by atoms with Crippen molar-refractivity contribution < 1.29 is 23.2 Å². The van der Waals surface area contributed by atoms with Crippen LogP contribution in [-0.4, -0.2) is 16.1 Å². The zero-order chi connectivity index (χ0) is 18.6. The summed E-state index contributed by atoms with van der Waals surface area (Å²) in [5.41, 5.74) is 5.12. The lowest BCUT2D eigenvalue weighted by molar-refractivity contribution is -0.137. The van der Waals surface area contributed by atoms with Crippen molar-refractivity contribution in [1.82, 2.24) is 4.98 Å². The molecule has 3 rings (SSSR count). The van der Waals surface area contributed by atoms with Crippen LogP contribution in [0.1, 0.15) is 47.1 Å². The molecule has 1 aliphatic rings. The molecule has 1 amide bonds. The van der Waals surface area contributed by atoms with E-state index in [1.807, 2.05) is 13.8 Å². The Labute approximate surface area is 141 Å². The molecule has 0 radical (unpaired) electrons. The second kappa shape index (κ2) is 5.45. The first-order valence-electron chi connectivity index (χ1n) is 7.49. The summed E-state index contributed by atoms with van der Waals surface area (Å²) in [5, 5.41) is 11.5. The van der Waals surface area contributed by atoms with E-state index in [0.717, 1.165) is 17.3 Å². The number of benzene rings is 1. The highest BCUT2D eigenvalue weighted by atomic mass is 19.4. The highest BCUT2D eigenvalue weighted by Crippen LogP contribution is 2.52. The molecule has 2 heterocycles. The van der Waals surface area contributed by atoms with E-state index in [2.05, 4.69) is 4.98 Å². The van der Waals surface area contributed by atoms with E-state index in [1.54, 1.807) is 12.1 Å². The van der Waals surface area contributed by atoms with Crippen molar-refractivity contribution in [3.8, 4) is 0 Å². The van der Waals surface area contributed by atoms with E-state index in [4.69, 9.17) is 5.73 Å². The molecule has 132 valence electrons. The molecule has 3 N–H and O–H groups in total. The van der Waals surface area contributed by atoms with Gasteiger partial charge in [-0.15, -0.1) is 0 Å². The van der Waals surface area contributed by atoms with E-state index in [1.165, 1.54) is 12.1 Å². The summed E-state index contributed by atoms with van der Waals surface area (Å²) < 4.78 is 38.2. The third-order valence-electron chi connectivity index (χ3n) is 4.55. The molecule has 1 aromatic carbocycles. The Hall–Kier alpha value is -2.61. The predicted molar refractivity (Wildman–Crippen MR) is 84.2 cm³/mol. The lowest BCUT2D eigenvalue weighted by Gasteiger charge is -2.30. The SMILES string of the molecule is CC1(C)c2cccc(C(N)=O)c2N(O)C1c1ccc(C(F)(F)F)cn1. The topological polar surface area (TPSA) is 79.5 Å². The quantitative estimate of drug-likeness (QED) is 0.869. The fraction of sp³-hybridized carbons (Fsp3) is 0.294. The lowest BCUT2D eigenvalue weighted by atomic mass is 9.79. The highest BCUT2D eigenvalue weighted by Gasteiger charge is 2.47. The monoisotopic (exact) mass is 351 g/mol. The summed E-state index contributed by atoms with van der Waals surface area (Å²) in [7, 11) is 0. The van der Waals surface area contributed by atoms with Crippen LogP contribution in [0.2, 0.25) is 0 Å². The average Bonchev–Trinajstić information content (AvgIpc) is 2.73. The molecule has 5 nitrogen and oxygen atoms in total. The first-order valence-corrected chi connectivity index (χ1v) is 7.49. The van der Waals surface area contributed by atoms with Crippen LogP contribution in [0.4, 0.5) is 18.9 Å². The van der Waals surface area contributed by atoms with E-state index < -0.39 is 29.1 Å². The number of primary amides is 1. The predicted octanol–water partition coefficient (Wildman–Crippen LogP) is 3.43. The lowest BCUT2D eigenvalue weighted by Crippen LogP contribution is -2.32. The van der Waals surface area contributed by atoms with Crippen molar-refractivity contribution in [3.05, 3.63) is 58.9 Å². The Morgan fingerprint density at radius 3 is 2.48 bits per heavy atom. The minimum atomic E-state index is -4.49. The minimum absolute atomic E-state index is 0.141. The van der Waals surface area contributed by atoms with Crippen molar-refractivity contribution >= 4 is 11.6 Å². The molecule has 0 saturated carbocycles. The van der Waals surface area contributed by atoms with Gasteiger partial charge in [-0.25, -0.2) is 5.06 Å². The van der Waals surface area contributed by atoms with Crippen LogP contribution in [0.25, 0.3) is 0 Å². The fourth-order valence-corrected chi connectivity index (χ4v) is 3.32. The number of hydrogen-bond donors (Lipinski definition) is 2. The first kappa shape index (κ1) is 17.2. The van der Waals surface area contributed by atoms with Crippen molar-refractivity contribution in [2.24, 2.45) is 5.73 Å². The molecule has 0 spiro atoms. The van der Waals surface area contributed by atoms with E-state index in [0.29, 0.717) is 5.56 Å². The Morgan fingerprint density at radius 2 is 1.96 bits per heavy atom. The number of para-hydroxylation sites is 1. The summed E-state index contributed by atoms with van der Waals surface area (Å²) in [6.07, 6.45) is -3.75. The third kappa shape index (κ3) is 2.62. The number of alkyl halides is 3. The molecule has 0 aliphatic carbocycles. The van der Waals surface area contributed by atoms with Gasteiger partial charge in [-0.1, -0.05) is 26.0 Å². The van der Waals surface area contributed by atoms with Crippen LogP contribution >= 0.6 is 0 Å². The van der Waals surface area contributed by atoms with Crippen molar-refractivity contribution in [3.63, 3.8) is 0 Å². The van der Waals surface area contributed by atoms with Gasteiger partial charge in [-0.3, -0.25) is 15.0 Å². The van der Waals surface area contributed by atoms with Gasteiger partial charge in [0.15, 0.2) is 0 Å². The van der Waals surface area contributed by atoms with Gasteiger partial charge in [0.1, 0.15) is 6.04 Å². The van der Waals surface area contributed by atoms with Crippen LogP contribution in [-0.2, 0) is 11.6 Å². The third-order valence-corrected chi connectivity index (χ3v) is 4.55. The number of hydrogen-bond acceptors (Lipinski definition) is 4. The van der Waals surface area contributed by atoms with Crippen LogP contribution in [0.5, 0.6) is 0 Å². The summed E-state index contributed by atoms with van der Waals surface area (Å²) in [6, 6.07) is 6.28.